The van der Waals surface area contributed by atoms with Crippen LogP contribution in [0.15, 0.2) is 18.2 Å². The molecule has 1 amide bonds. The summed E-state index contributed by atoms with van der Waals surface area (Å²) in [5, 5.41) is 12.7. The van der Waals surface area contributed by atoms with Gasteiger partial charge in [-0.3, -0.25) is 4.79 Å². The number of carboxylic acid groups (broad SMARTS) is 1. The Labute approximate surface area is 134 Å². The van der Waals surface area contributed by atoms with Gasteiger partial charge in [0.25, 0.3) is 0 Å². The van der Waals surface area contributed by atoms with E-state index in [1.807, 2.05) is 6.92 Å². The summed E-state index contributed by atoms with van der Waals surface area (Å²) in [5.41, 5.74) is 0.812. The number of carbonyl (C=O) groups excluding carboxylic acids is 1. The number of rotatable bonds is 7. The molecule has 0 aliphatic rings. The summed E-state index contributed by atoms with van der Waals surface area (Å²) < 4.78 is 0. The largest absolute Gasteiger partial charge is 0.480 e. The Morgan fingerprint density at radius 3 is 2.52 bits per heavy atom. The van der Waals surface area contributed by atoms with Gasteiger partial charge in [0, 0.05) is 16.5 Å². The molecule has 0 fully saturated rings. The fourth-order valence-corrected chi connectivity index (χ4v) is 2.40. The van der Waals surface area contributed by atoms with Crippen LogP contribution in [0.25, 0.3) is 0 Å². The van der Waals surface area contributed by atoms with Crippen molar-refractivity contribution < 1.29 is 14.7 Å². The van der Waals surface area contributed by atoms with Crippen LogP contribution in [0, 0.1) is 5.92 Å². The van der Waals surface area contributed by atoms with Crippen molar-refractivity contribution in [2.75, 3.05) is 0 Å². The SMILES string of the molecule is CC[C@H](C)[C@H](NC(=O)CCc1ccc(Cl)cc1Cl)C(=O)O. The van der Waals surface area contributed by atoms with Gasteiger partial charge in [0.05, 0.1) is 0 Å². The van der Waals surface area contributed by atoms with Crippen molar-refractivity contribution in [3.05, 3.63) is 33.8 Å². The monoisotopic (exact) mass is 331 g/mol. The van der Waals surface area contributed by atoms with E-state index in [1.54, 1.807) is 25.1 Å². The predicted octanol–water partition coefficient (Wildman–Crippen LogP) is 3.54. The van der Waals surface area contributed by atoms with Crippen LogP contribution >= 0.6 is 23.2 Å². The molecule has 2 N–H and O–H groups in total. The summed E-state index contributed by atoms with van der Waals surface area (Å²) in [6.45, 7) is 3.69. The molecule has 0 unspecified atom stereocenters. The lowest BCUT2D eigenvalue weighted by Gasteiger charge is -2.20. The molecule has 21 heavy (non-hydrogen) atoms. The van der Waals surface area contributed by atoms with Crippen molar-refractivity contribution in [1.29, 1.82) is 0 Å². The number of nitrogens with one attached hydrogen (secondary N) is 1. The molecule has 2 atom stereocenters. The van der Waals surface area contributed by atoms with Crippen molar-refractivity contribution in [2.45, 2.75) is 39.2 Å². The standard InChI is InChI=1S/C15H19Cl2NO3/c1-3-9(2)14(15(20)21)18-13(19)7-5-10-4-6-11(16)8-12(10)17/h4,6,8-9,14H,3,5,7H2,1-2H3,(H,18,19)(H,20,21)/t9-,14-/m0/s1. The maximum atomic E-state index is 11.9. The molecule has 1 aromatic rings. The number of hydrogen-bond donors (Lipinski definition) is 2. The minimum atomic E-state index is -1.01. The first-order chi connectivity index (χ1) is 9.85. The van der Waals surface area contributed by atoms with E-state index in [4.69, 9.17) is 28.3 Å². The molecule has 0 saturated carbocycles. The van der Waals surface area contributed by atoms with E-state index in [0.717, 1.165) is 5.56 Å². The molecule has 6 heteroatoms. The molecule has 0 radical (unpaired) electrons. The van der Waals surface area contributed by atoms with E-state index < -0.39 is 12.0 Å². The van der Waals surface area contributed by atoms with E-state index in [1.165, 1.54) is 0 Å². The van der Waals surface area contributed by atoms with E-state index in [-0.39, 0.29) is 18.2 Å². The molecular formula is C15H19Cl2NO3. The molecule has 0 saturated heterocycles. The zero-order valence-corrected chi connectivity index (χ0v) is 13.5. The molecule has 1 aromatic carbocycles. The van der Waals surface area contributed by atoms with Crippen molar-refractivity contribution in [1.82, 2.24) is 5.32 Å². The lowest BCUT2D eigenvalue weighted by molar-refractivity contribution is -0.143. The minimum absolute atomic E-state index is 0.120. The smallest absolute Gasteiger partial charge is 0.326 e. The first-order valence-corrected chi connectivity index (χ1v) is 7.56. The minimum Gasteiger partial charge on any atom is -0.480 e. The van der Waals surface area contributed by atoms with Gasteiger partial charge in [0.15, 0.2) is 0 Å². The third-order valence-electron chi connectivity index (χ3n) is 3.43. The number of amides is 1. The molecule has 0 aliphatic carbocycles. The molecule has 0 spiro atoms. The van der Waals surface area contributed by atoms with Gasteiger partial charge < -0.3 is 10.4 Å². The second kappa shape index (κ2) is 8.25. The van der Waals surface area contributed by atoms with Gasteiger partial charge in [-0.15, -0.1) is 0 Å². The summed E-state index contributed by atoms with van der Waals surface area (Å²) in [6, 6.07) is 4.24. The second-order valence-electron chi connectivity index (χ2n) is 5.00. The molecule has 0 bridgehead atoms. The maximum Gasteiger partial charge on any atom is 0.326 e. The van der Waals surface area contributed by atoms with Gasteiger partial charge in [-0.2, -0.15) is 0 Å². The number of aliphatic carboxylic acids is 1. The van der Waals surface area contributed by atoms with Gasteiger partial charge in [0.2, 0.25) is 5.91 Å². The molecule has 4 nitrogen and oxygen atoms in total. The molecule has 1 rings (SSSR count). The number of halogens is 2. The second-order valence-corrected chi connectivity index (χ2v) is 5.85. The highest BCUT2D eigenvalue weighted by Crippen LogP contribution is 2.22. The highest BCUT2D eigenvalue weighted by molar-refractivity contribution is 6.35. The lowest BCUT2D eigenvalue weighted by Crippen LogP contribution is -2.45. The van der Waals surface area contributed by atoms with Crippen LogP contribution in [0.5, 0.6) is 0 Å². The van der Waals surface area contributed by atoms with E-state index in [0.29, 0.717) is 22.9 Å². The first kappa shape index (κ1) is 17.8. The zero-order valence-electron chi connectivity index (χ0n) is 12.0. The maximum absolute atomic E-state index is 11.9. The van der Waals surface area contributed by atoms with Gasteiger partial charge >= 0.3 is 5.97 Å². The Bertz CT molecular complexity index is 520. The topological polar surface area (TPSA) is 66.4 Å². The summed E-state index contributed by atoms with van der Waals surface area (Å²) >= 11 is 11.8. The van der Waals surface area contributed by atoms with Crippen LogP contribution in [0.1, 0.15) is 32.3 Å². The van der Waals surface area contributed by atoms with E-state index in [2.05, 4.69) is 5.32 Å². The number of hydrogen-bond acceptors (Lipinski definition) is 2. The van der Waals surface area contributed by atoms with Crippen molar-refractivity contribution >= 4 is 35.1 Å². The van der Waals surface area contributed by atoms with Crippen molar-refractivity contribution in [2.24, 2.45) is 5.92 Å². The Balaban J connectivity index is 2.58. The van der Waals surface area contributed by atoms with Crippen LogP contribution in [-0.4, -0.2) is 23.0 Å². The van der Waals surface area contributed by atoms with Crippen LogP contribution in [-0.2, 0) is 16.0 Å². The average molecular weight is 332 g/mol. The van der Waals surface area contributed by atoms with Gasteiger partial charge in [-0.1, -0.05) is 49.5 Å². The van der Waals surface area contributed by atoms with Crippen LogP contribution in [0.4, 0.5) is 0 Å². The highest BCUT2D eigenvalue weighted by atomic mass is 35.5. The Hall–Kier alpha value is -1.26. The molecule has 0 aliphatic heterocycles. The average Bonchev–Trinajstić information content (AvgIpc) is 2.42. The highest BCUT2D eigenvalue weighted by Gasteiger charge is 2.25. The fraction of sp³-hybridized carbons (Fsp3) is 0.467. The number of carboxylic acids is 1. The van der Waals surface area contributed by atoms with Gasteiger partial charge in [0.1, 0.15) is 6.04 Å². The Morgan fingerprint density at radius 2 is 2.00 bits per heavy atom. The van der Waals surface area contributed by atoms with Crippen LogP contribution in [0.3, 0.4) is 0 Å². The van der Waals surface area contributed by atoms with E-state index >= 15 is 0 Å². The third-order valence-corrected chi connectivity index (χ3v) is 4.02. The Morgan fingerprint density at radius 1 is 1.33 bits per heavy atom. The summed E-state index contributed by atoms with van der Waals surface area (Å²) in [6.07, 6.45) is 1.30. The lowest BCUT2D eigenvalue weighted by atomic mass is 9.99. The zero-order chi connectivity index (χ0) is 16.0. The normalized spacial score (nSPS) is 13.5. The third kappa shape index (κ3) is 5.56. The number of carbonyl (C=O) groups is 2. The first-order valence-electron chi connectivity index (χ1n) is 6.81. The number of benzene rings is 1. The van der Waals surface area contributed by atoms with Gasteiger partial charge in [-0.25, -0.2) is 4.79 Å². The summed E-state index contributed by atoms with van der Waals surface area (Å²) in [7, 11) is 0. The molecule has 0 heterocycles. The molecular weight excluding hydrogens is 313 g/mol. The fourth-order valence-electron chi connectivity index (χ4n) is 1.90. The van der Waals surface area contributed by atoms with Crippen molar-refractivity contribution in [3.8, 4) is 0 Å². The Kier molecular flexibility index (Phi) is 6.99. The van der Waals surface area contributed by atoms with Crippen LogP contribution in [0.2, 0.25) is 10.0 Å². The summed E-state index contributed by atoms with van der Waals surface area (Å²) in [5.74, 6) is -1.43. The number of aryl methyl sites for hydroxylation is 1. The quantitative estimate of drug-likeness (QED) is 0.802. The predicted molar refractivity (Wildman–Crippen MR) is 83.8 cm³/mol. The molecule has 0 aromatic heterocycles. The summed E-state index contributed by atoms with van der Waals surface area (Å²) in [4.78, 5) is 23.0. The van der Waals surface area contributed by atoms with Gasteiger partial charge in [-0.05, 0) is 30.0 Å². The van der Waals surface area contributed by atoms with Crippen LogP contribution < -0.4 is 5.32 Å². The van der Waals surface area contributed by atoms with E-state index in [9.17, 15) is 9.59 Å². The molecule has 116 valence electrons. The van der Waals surface area contributed by atoms with Crippen molar-refractivity contribution in [3.63, 3.8) is 0 Å².